The summed E-state index contributed by atoms with van der Waals surface area (Å²) in [5.74, 6) is -0.0102. The van der Waals surface area contributed by atoms with Crippen molar-refractivity contribution >= 4 is 32.8 Å². The highest BCUT2D eigenvalue weighted by Crippen LogP contribution is 2.28. The van der Waals surface area contributed by atoms with E-state index in [2.05, 4.69) is 0 Å². The second-order valence-electron chi connectivity index (χ2n) is 3.08. The summed E-state index contributed by atoms with van der Waals surface area (Å²) in [5, 5.41) is 9.58. The van der Waals surface area contributed by atoms with Gasteiger partial charge in [0.05, 0.1) is 16.2 Å². The standard InChI is InChI=1S/C8H11ClO3S2/c1-14(11,12)5-4-6(10)7-2-3-8(9)13-7/h2-3,6,10H,4-5H2,1H3. The minimum Gasteiger partial charge on any atom is -0.388 e. The van der Waals surface area contributed by atoms with E-state index in [1.54, 1.807) is 12.1 Å². The zero-order chi connectivity index (χ0) is 10.8. The molecule has 0 aliphatic carbocycles. The Morgan fingerprint density at radius 2 is 2.21 bits per heavy atom. The van der Waals surface area contributed by atoms with E-state index in [9.17, 15) is 13.5 Å². The van der Waals surface area contributed by atoms with Gasteiger partial charge in [0.2, 0.25) is 0 Å². The first-order valence-corrected chi connectivity index (χ1v) is 7.25. The first kappa shape index (κ1) is 12.0. The van der Waals surface area contributed by atoms with E-state index in [-0.39, 0.29) is 12.2 Å². The first-order valence-electron chi connectivity index (χ1n) is 3.99. The van der Waals surface area contributed by atoms with E-state index in [1.165, 1.54) is 11.3 Å². The lowest BCUT2D eigenvalue weighted by molar-refractivity contribution is 0.178. The van der Waals surface area contributed by atoms with E-state index in [0.717, 1.165) is 6.26 Å². The Morgan fingerprint density at radius 1 is 1.57 bits per heavy atom. The molecule has 1 N–H and O–H groups in total. The Labute approximate surface area is 92.3 Å². The third-order valence-corrected chi connectivity index (χ3v) is 3.99. The third kappa shape index (κ3) is 3.96. The molecule has 0 aliphatic rings. The number of hydrogen-bond acceptors (Lipinski definition) is 4. The molecule has 0 aromatic carbocycles. The molecule has 3 nitrogen and oxygen atoms in total. The van der Waals surface area contributed by atoms with Gasteiger partial charge >= 0.3 is 0 Å². The van der Waals surface area contributed by atoms with Crippen molar-refractivity contribution < 1.29 is 13.5 Å². The molecule has 14 heavy (non-hydrogen) atoms. The normalized spacial score (nSPS) is 14.2. The van der Waals surface area contributed by atoms with Gasteiger partial charge in [0.1, 0.15) is 9.84 Å². The summed E-state index contributed by atoms with van der Waals surface area (Å²) in [4.78, 5) is 0.707. The largest absolute Gasteiger partial charge is 0.388 e. The molecule has 0 saturated heterocycles. The number of halogens is 1. The molecular weight excluding hydrogens is 244 g/mol. The topological polar surface area (TPSA) is 54.4 Å². The number of hydrogen-bond donors (Lipinski definition) is 1. The van der Waals surface area contributed by atoms with Crippen molar-refractivity contribution in [3.63, 3.8) is 0 Å². The molecule has 0 radical (unpaired) electrons. The number of rotatable bonds is 4. The Hall–Kier alpha value is -0.100. The van der Waals surface area contributed by atoms with Crippen LogP contribution < -0.4 is 0 Å². The second-order valence-corrected chi connectivity index (χ2v) is 7.08. The SMILES string of the molecule is CS(=O)(=O)CCC(O)c1ccc(Cl)s1. The van der Waals surface area contributed by atoms with E-state index in [1.807, 2.05) is 0 Å². The summed E-state index contributed by atoms with van der Waals surface area (Å²) in [6.45, 7) is 0. The molecular formula is C8H11ClO3S2. The molecule has 6 heteroatoms. The van der Waals surface area contributed by atoms with Crippen LogP contribution >= 0.6 is 22.9 Å². The molecule has 1 aromatic rings. The highest BCUT2D eigenvalue weighted by atomic mass is 35.5. The van der Waals surface area contributed by atoms with Crippen molar-refractivity contribution in [3.8, 4) is 0 Å². The van der Waals surface area contributed by atoms with Crippen LogP contribution in [0.3, 0.4) is 0 Å². The quantitative estimate of drug-likeness (QED) is 0.893. The second kappa shape index (κ2) is 4.61. The van der Waals surface area contributed by atoms with Crippen LogP contribution in [0.15, 0.2) is 12.1 Å². The molecule has 0 spiro atoms. The minimum atomic E-state index is -3.01. The highest BCUT2D eigenvalue weighted by Gasteiger charge is 2.13. The molecule has 1 unspecified atom stereocenters. The molecule has 0 bridgehead atoms. The van der Waals surface area contributed by atoms with Gasteiger partial charge in [-0.05, 0) is 18.6 Å². The van der Waals surface area contributed by atoms with E-state index >= 15 is 0 Å². The van der Waals surface area contributed by atoms with Crippen molar-refractivity contribution in [3.05, 3.63) is 21.3 Å². The Kier molecular flexibility index (Phi) is 3.94. The van der Waals surface area contributed by atoms with Gasteiger partial charge in [0.15, 0.2) is 0 Å². The molecule has 0 amide bonds. The van der Waals surface area contributed by atoms with Crippen LogP contribution in [-0.2, 0) is 9.84 Å². The fraction of sp³-hybridized carbons (Fsp3) is 0.500. The minimum absolute atomic E-state index is 0.0102. The Morgan fingerprint density at radius 3 is 2.64 bits per heavy atom. The van der Waals surface area contributed by atoms with E-state index in [0.29, 0.717) is 9.21 Å². The molecule has 0 saturated carbocycles. The molecule has 1 aromatic heterocycles. The van der Waals surface area contributed by atoms with Crippen LogP contribution in [0.2, 0.25) is 4.34 Å². The van der Waals surface area contributed by atoms with E-state index in [4.69, 9.17) is 11.6 Å². The lowest BCUT2D eigenvalue weighted by Crippen LogP contribution is -2.07. The molecule has 0 aliphatic heterocycles. The summed E-state index contributed by atoms with van der Waals surface area (Å²) in [5.41, 5.74) is 0. The summed E-state index contributed by atoms with van der Waals surface area (Å²) in [6, 6.07) is 3.39. The summed E-state index contributed by atoms with van der Waals surface area (Å²) < 4.78 is 22.3. The van der Waals surface area contributed by atoms with Gasteiger partial charge in [-0.15, -0.1) is 11.3 Å². The lowest BCUT2D eigenvalue weighted by Gasteiger charge is -2.06. The first-order chi connectivity index (χ1) is 6.38. The molecule has 1 rings (SSSR count). The van der Waals surface area contributed by atoms with Crippen molar-refractivity contribution in [1.29, 1.82) is 0 Å². The highest BCUT2D eigenvalue weighted by molar-refractivity contribution is 7.90. The van der Waals surface area contributed by atoms with Crippen LogP contribution in [-0.4, -0.2) is 25.5 Å². The van der Waals surface area contributed by atoms with Crippen LogP contribution in [0.4, 0.5) is 0 Å². The molecule has 1 heterocycles. The smallest absolute Gasteiger partial charge is 0.147 e. The Bertz CT molecular complexity index is 396. The van der Waals surface area contributed by atoms with Gasteiger partial charge < -0.3 is 5.11 Å². The van der Waals surface area contributed by atoms with Gasteiger partial charge in [0.25, 0.3) is 0 Å². The van der Waals surface area contributed by atoms with Crippen molar-refractivity contribution in [1.82, 2.24) is 0 Å². The maximum absolute atomic E-state index is 10.8. The summed E-state index contributed by atoms with van der Waals surface area (Å²) in [7, 11) is -3.01. The fourth-order valence-electron chi connectivity index (χ4n) is 0.975. The monoisotopic (exact) mass is 254 g/mol. The molecule has 80 valence electrons. The van der Waals surface area contributed by atoms with Crippen molar-refractivity contribution in [2.45, 2.75) is 12.5 Å². The number of aliphatic hydroxyl groups excluding tert-OH is 1. The predicted octanol–water partition coefficient (Wildman–Crippen LogP) is 1.87. The molecule has 1 atom stereocenters. The number of thiophene rings is 1. The van der Waals surface area contributed by atoms with Crippen LogP contribution in [0, 0.1) is 0 Å². The molecule has 0 fully saturated rings. The van der Waals surface area contributed by atoms with Crippen molar-refractivity contribution in [2.75, 3.05) is 12.0 Å². The Balaban J connectivity index is 2.55. The van der Waals surface area contributed by atoms with Crippen LogP contribution in [0.1, 0.15) is 17.4 Å². The van der Waals surface area contributed by atoms with Gasteiger partial charge in [0, 0.05) is 11.1 Å². The number of aliphatic hydroxyl groups is 1. The van der Waals surface area contributed by atoms with Gasteiger partial charge in [-0.25, -0.2) is 8.42 Å². The van der Waals surface area contributed by atoms with Gasteiger partial charge in [-0.3, -0.25) is 0 Å². The van der Waals surface area contributed by atoms with Crippen LogP contribution in [0.5, 0.6) is 0 Å². The average molecular weight is 255 g/mol. The van der Waals surface area contributed by atoms with Gasteiger partial charge in [-0.2, -0.15) is 0 Å². The lowest BCUT2D eigenvalue weighted by atomic mass is 10.2. The maximum Gasteiger partial charge on any atom is 0.147 e. The van der Waals surface area contributed by atoms with E-state index < -0.39 is 15.9 Å². The third-order valence-electron chi connectivity index (χ3n) is 1.68. The average Bonchev–Trinajstić information content (AvgIpc) is 2.46. The number of sulfone groups is 1. The zero-order valence-electron chi connectivity index (χ0n) is 7.60. The predicted molar refractivity (Wildman–Crippen MR) is 58.6 cm³/mol. The summed E-state index contributed by atoms with van der Waals surface area (Å²) in [6.07, 6.45) is 0.638. The van der Waals surface area contributed by atoms with Gasteiger partial charge in [-0.1, -0.05) is 11.6 Å². The van der Waals surface area contributed by atoms with Crippen molar-refractivity contribution in [2.24, 2.45) is 0 Å². The summed E-state index contributed by atoms with van der Waals surface area (Å²) >= 11 is 6.95. The van der Waals surface area contributed by atoms with Crippen LogP contribution in [0.25, 0.3) is 0 Å². The zero-order valence-corrected chi connectivity index (χ0v) is 9.99. The maximum atomic E-state index is 10.8. The fourth-order valence-corrected chi connectivity index (χ4v) is 2.71.